The Labute approximate surface area is 127 Å². The van der Waals surface area contributed by atoms with Gasteiger partial charge in [-0.05, 0) is 68.8 Å². The molecule has 3 heteroatoms. The monoisotopic (exact) mass is 290 g/mol. The van der Waals surface area contributed by atoms with Crippen LogP contribution in [0.4, 0.5) is 4.39 Å². The van der Waals surface area contributed by atoms with Gasteiger partial charge in [0.2, 0.25) is 0 Å². The van der Waals surface area contributed by atoms with Gasteiger partial charge in [0.05, 0.1) is 0 Å². The van der Waals surface area contributed by atoms with Crippen LogP contribution in [-0.4, -0.2) is 25.2 Å². The van der Waals surface area contributed by atoms with Gasteiger partial charge in [-0.15, -0.1) is 0 Å². The van der Waals surface area contributed by atoms with Crippen molar-refractivity contribution in [3.63, 3.8) is 0 Å². The highest BCUT2D eigenvalue weighted by Gasteiger charge is 2.32. The molecule has 1 aromatic rings. The van der Waals surface area contributed by atoms with Gasteiger partial charge in [-0.2, -0.15) is 0 Å². The van der Waals surface area contributed by atoms with E-state index in [2.05, 4.69) is 10.6 Å². The summed E-state index contributed by atoms with van der Waals surface area (Å²) in [5.74, 6) is 0.659. The minimum absolute atomic E-state index is 0.127. The van der Waals surface area contributed by atoms with Crippen LogP contribution >= 0.6 is 0 Å². The van der Waals surface area contributed by atoms with E-state index in [0.717, 1.165) is 30.5 Å². The normalized spacial score (nSPS) is 29.7. The van der Waals surface area contributed by atoms with Gasteiger partial charge in [-0.1, -0.05) is 25.0 Å². The Bertz CT molecular complexity index is 443. The summed E-state index contributed by atoms with van der Waals surface area (Å²) in [6.07, 6.45) is 8.97. The topological polar surface area (TPSA) is 24.1 Å². The van der Waals surface area contributed by atoms with Crippen molar-refractivity contribution in [2.75, 3.05) is 13.1 Å². The Morgan fingerprint density at radius 3 is 2.86 bits per heavy atom. The van der Waals surface area contributed by atoms with Gasteiger partial charge in [0.25, 0.3) is 0 Å². The molecule has 0 spiro atoms. The summed E-state index contributed by atoms with van der Waals surface area (Å²) in [4.78, 5) is 0. The summed E-state index contributed by atoms with van der Waals surface area (Å²) in [5.41, 5.74) is 1.09. The molecule has 1 aliphatic heterocycles. The Hall–Kier alpha value is -0.930. The number of rotatable bonds is 5. The van der Waals surface area contributed by atoms with Crippen LogP contribution in [0.15, 0.2) is 24.3 Å². The lowest BCUT2D eigenvalue weighted by Crippen LogP contribution is -2.47. The Morgan fingerprint density at radius 2 is 2.05 bits per heavy atom. The van der Waals surface area contributed by atoms with Gasteiger partial charge in [0.15, 0.2) is 0 Å². The van der Waals surface area contributed by atoms with Crippen molar-refractivity contribution in [2.45, 2.75) is 57.0 Å². The maximum Gasteiger partial charge on any atom is 0.123 e. The second kappa shape index (κ2) is 7.37. The quantitative estimate of drug-likeness (QED) is 0.869. The summed E-state index contributed by atoms with van der Waals surface area (Å²) >= 11 is 0. The zero-order valence-electron chi connectivity index (χ0n) is 12.8. The van der Waals surface area contributed by atoms with Crippen LogP contribution in [0.25, 0.3) is 0 Å². The maximum absolute atomic E-state index is 13.2. The smallest absolute Gasteiger partial charge is 0.123 e. The number of hydrogen-bond donors (Lipinski definition) is 2. The van der Waals surface area contributed by atoms with Crippen LogP contribution in [0.3, 0.4) is 0 Å². The minimum atomic E-state index is -0.127. The van der Waals surface area contributed by atoms with E-state index >= 15 is 0 Å². The second-order valence-corrected chi connectivity index (χ2v) is 6.59. The van der Waals surface area contributed by atoms with Gasteiger partial charge < -0.3 is 10.6 Å². The number of benzene rings is 1. The van der Waals surface area contributed by atoms with Crippen molar-refractivity contribution in [1.82, 2.24) is 10.6 Å². The molecular formula is C18H27FN2. The lowest BCUT2D eigenvalue weighted by molar-refractivity contribution is 0.216. The highest BCUT2D eigenvalue weighted by Crippen LogP contribution is 2.30. The van der Waals surface area contributed by atoms with E-state index in [1.165, 1.54) is 51.1 Å². The first-order valence-corrected chi connectivity index (χ1v) is 8.54. The highest BCUT2D eigenvalue weighted by molar-refractivity contribution is 5.16. The molecule has 116 valence electrons. The summed E-state index contributed by atoms with van der Waals surface area (Å²) < 4.78 is 13.2. The van der Waals surface area contributed by atoms with Gasteiger partial charge in [0.1, 0.15) is 5.82 Å². The molecule has 3 rings (SSSR count). The highest BCUT2D eigenvalue weighted by atomic mass is 19.1. The van der Waals surface area contributed by atoms with Crippen LogP contribution in [0, 0.1) is 11.7 Å². The second-order valence-electron chi connectivity index (χ2n) is 6.59. The van der Waals surface area contributed by atoms with Crippen molar-refractivity contribution in [1.29, 1.82) is 0 Å². The van der Waals surface area contributed by atoms with Crippen LogP contribution in [-0.2, 0) is 6.42 Å². The zero-order chi connectivity index (χ0) is 14.5. The predicted octanol–water partition coefficient (Wildman–Crippen LogP) is 3.27. The number of nitrogens with one attached hydrogen (secondary N) is 2. The molecule has 2 N–H and O–H groups in total. The van der Waals surface area contributed by atoms with Crippen molar-refractivity contribution in [3.8, 4) is 0 Å². The molecule has 3 unspecified atom stereocenters. The molecule has 1 saturated heterocycles. The maximum atomic E-state index is 13.2. The minimum Gasteiger partial charge on any atom is -0.314 e. The van der Waals surface area contributed by atoms with Gasteiger partial charge >= 0.3 is 0 Å². The van der Waals surface area contributed by atoms with Crippen molar-refractivity contribution >= 4 is 0 Å². The van der Waals surface area contributed by atoms with Gasteiger partial charge in [-0.25, -0.2) is 4.39 Å². The summed E-state index contributed by atoms with van der Waals surface area (Å²) in [7, 11) is 0. The summed E-state index contributed by atoms with van der Waals surface area (Å²) in [6, 6.07) is 8.34. The van der Waals surface area contributed by atoms with E-state index < -0.39 is 0 Å². The van der Waals surface area contributed by atoms with Crippen molar-refractivity contribution < 1.29 is 4.39 Å². The van der Waals surface area contributed by atoms with Crippen LogP contribution in [0.2, 0.25) is 0 Å². The summed E-state index contributed by atoms with van der Waals surface area (Å²) in [6.45, 7) is 2.15. The molecule has 0 bridgehead atoms. The Morgan fingerprint density at radius 1 is 1.14 bits per heavy atom. The lowest BCUT2D eigenvalue weighted by Gasteiger charge is -2.36. The van der Waals surface area contributed by atoms with Crippen LogP contribution < -0.4 is 10.6 Å². The van der Waals surface area contributed by atoms with E-state index in [1.807, 2.05) is 6.07 Å². The first-order chi connectivity index (χ1) is 10.3. The SMILES string of the molecule is Fc1cccc(CCNC2CCCCC2C2CCCN2)c1. The molecule has 1 saturated carbocycles. The molecule has 1 heterocycles. The molecule has 1 aromatic carbocycles. The standard InChI is InChI=1S/C18H27FN2/c19-15-6-3-5-14(13-15)10-12-21-17-8-2-1-7-16(17)18-9-4-11-20-18/h3,5-6,13,16-18,20-21H,1-2,4,7-12H2. The zero-order valence-corrected chi connectivity index (χ0v) is 12.8. The molecule has 21 heavy (non-hydrogen) atoms. The van der Waals surface area contributed by atoms with E-state index in [1.54, 1.807) is 12.1 Å². The molecule has 2 aliphatic rings. The third kappa shape index (κ3) is 4.04. The van der Waals surface area contributed by atoms with Crippen molar-refractivity contribution in [3.05, 3.63) is 35.6 Å². The first kappa shape index (κ1) is 15.0. The third-order valence-electron chi connectivity index (χ3n) is 5.14. The molecule has 2 fully saturated rings. The fraction of sp³-hybridized carbons (Fsp3) is 0.667. The average Bonchev–Trinajstić information content (AvgIpc) is 3.02. The van der Waals surface area contributed by atoms with Crippen LogP contribution in [0.1, 0.15) is 44.1 Å². The Kier molecular flexibility index (Phi) is 5.26. The number of hydrogen-bond acceptors (Lipinski definition) is 2. The van der Waals surface area contributed by atoms with Crippen molar-refractivity contribution in [2.24, 2.45) is 5.92 Å². The van der Waals surface area contributed by atoms with Gasteiger partial charge in [-0.3, -0.25) is 0 Å². The predicted molar refractivity (Wildman–Crippen MR) is 84.9 cm³/mol. The van der Waals surface area contributed by atoms with E-state index in [-0.39, 0.29) is 5.82 Å². The fourth-order valence-corrected chi connectivity index (χ4v) is 4.07. The average molecular weight is 290 g/mol. The Balaban J connectivity index is 1.50. The van der Waals surface area contributed by atoms with E-state index in [9.17, 15) is 4.39 Å². The summed E-state index contributed by atoms with van der Waals surface area (Å²) in [5, 5.41) is 7.44. The molecule has 0 radical (unpaired) electrons. The van der Waals surface area contributed by atoms with E-state index in [4.69, 9.17) is 0 Å². The molecule has 1 aliphatic carbocycles. The first-order valence-electron chi connectivity index (χ1n) is 8.54. The molecule has 3 atom stereocenters. The van der Waals surface area contributed by atoms with Crippen LogP contribution in [0.5, 0.6) is 0 Å². The molecular weight excluding hydrogens is 263 g/mol. The number of halogens is 1. The van der Waals surface area contributed by atoms with Gasteiger partial charge in [0, 0.05) is 12.1 Å². The molecule has 0 amide bonds. The lowest BCUT2D eigenvalue weighted by atomic mass is 9.79. The largest absolute Gasteiger partial charge is 0.314 e. The third-order valence-corrected chi connectivity index (χ3v) is 5.14. The molecule has 2 nitrogen and oxygen atoms in total. The molecule has 0 aromatic heterocycles. The fourth-order valence-electron chi connectivity index (χ4n) is 4.07. The van der Waals surface area contributed by atoms with E-state index in [0.29, 0.717) is 6.04 Å².